The molecule has 0 aliphatic carbocycles. The van der Waals surface area contributed by atoms with E-state index in [2.05, 4.69) is 42.9 Å². The summed E-state index contributed by atoms with van der Waals surface area (Å²) in [6, 6.07) is 10.7. The average Bonchev–Trinajstić information content (AvgIpc) is 2.79. The number of alkyl halides is 3. The van der Waals surface area contributed by atoms with Crippen LogP contribution in [-0.2, 0) is 17.5 Å². The number of carbonyl (C=O) groups is 1. The van der Waals surface area contributed by atoms with Crippen molar-refractivity contribution < 1.29 is 18.0 Å². The lowest BCUT2D eigenvalue weighted by Crippen LogP contribution is -2.40. The number of hydrogen-bond acceptors (Lipinski definition) is 5. The summed E-state index contributed by atoms with van der Waals surface area (Å²) < 4.78 is 41.6. The fourth-order valence-electron chi connectivity index (χ4n) is 3.98. The third-order valence-corrected chi connectivity index (χ3v) is 6.94. The summed E-state index contributed by atoms with van der Waals surface area (Å²) in [7, 11) is 0. The summed E-state index contributed by atoms with van der Waals surface area (Å²) in [5, 5.41) is 2.83. The van der Waals surface area contributed by atoms with Gasteiger partial charge in [0.25, 0.3) is 5.56 Å². The maximum Gasteiger partial charge on any atom is 0.418 e. The summed E-state index contributed by atoms with van der Waals surface area (Å²) in [6.45, 7) is 9.23. The number of carbonyl (C=O) groups excluding carboxylic acids is 1. The molecule has 0 atom stereocenters. The third kappa shape index (κ3) is 6.60. The highest BCUT2D eigenvalue weighted by Crippen LogP contribution is 2.38. The Hall–Kier alpha value is -2.56. The van der Waals surface area contributed by atoms with Gasteiger partial charge in [-0.25, -0.2) is 4.98 Å². The first-order valence-corrected chi connectivity index (χ1v) is 12.8. The first kappa shape index (κ1) is 28.0. The van der Waals surface area contributed by atoms with E-state index >= 15 is 0 Å². The van der Waals surface area contributed by atoms with E-state index in [4.69, 9.17) is 11.6 Å². The van der Waals surface area contributed by atoms with Gasteiger partial charge in [0.1, 0.15) is 0 Å². The third-order valence-electron chi connectivity index (χ3n) is 5.65. The highest BCUT2D eigenvalue weighted by molar-refractivity contribution is 7.99. The number of benzene rings is 2. The van der Waals surface area contributed by atoms with Gasteiger partial charge in [0, 0.05) is 25.2 Å². The van der Waals surface area contributed by atoms with E-state index in [0.29, 0.717) is 29.1 Å². The van der Waals surface area contributed by atoms with E-state index in [9.17, 15) is 22.8 Å². The Kier molecular flexibility index (Phi) is 9.08. The van der Waals surface area contributed by atoms with E-state index in [1.165, 1.54) is 16.7 Å². The second-order valence-electron chi connectivity index (χ2n) is 8.79. The molecule has 0 radical (unpaired) electrons. The molecule has 0 aliphatic rings. The molecule has 0 fully saturated rings. The molecule has 0 aliphatic heterocycles. The van der Waals surface area contributed by atoms with Crippen molar-refractivity contribution in [2.75, 3.05) is 17.6 Å². The van der Waals surface area contributed by atoms with Crippen LogP contribution in [0, 0.1) is 0 Å². The highest BCUT2D eigenvalue weighted by Gasteiger charge is 2.34. The van der Waals surface area contributed by atoms with Crippen LogP contribution in [0.3, 0.4) is 0 Å². The lowest BCUT2D eigenvalue weighted by Gasteiger charge is -2.30. The molecule has 0 saturated carbocycles. The van der Waals surface area contributed by atoms with E-state index < -0.39 is 23.3 Å². The number of halogens is 4. The fraction of sp³-hybridized carbons (Fsp3) is 0.400. The molecule has 0 saturated heterocycles. The molecule has 3 rings (SSSR count). The van der Waals surface area contributed by atoms with Gasteiger partial charge in [-0.15, -0.1) is 0 Å². The van der Waals surface area contributed by atoms with Crippen molar-refractivity contribution in [1.29, 1.82) is 0 Å². The predicted octanol–water partition coefficient (Wildman–Crippen LogP) is 5.92. The Bertz CT molecular complexity index is 1290. The van der Waals surface area contributed by atoms with E-state index in [0.717, 1.165) is 17.8 Å². The van der Waals surface area contributed by atoms with E-state index in [1.807, 2.05) is 0 Å². The lowest BCUT2D eigenvalue weighted by molar-refractivity contribution is -0.137. The summed E-state index contributed by atoms with van der Waals surface area (Å²) >= 11 is 6.93. The highest BCUT2D eigenvalue weighted by atomic mass is 35.5. The number of anilines is 1. The van der Waals surface area contributed by atoms with Crippen LogP contribution in [0.4, 0.5) is 18.9 Å². The molecule has 194 valence electrons. The van der Waals surface area contributed by atoms with Gasteiger partial charge in [-0.1, -0.05) is 41.6 Å². The maximum absolute atomic E-state index is 13.4. The van der Waals surface area contributed by atoms with Gasteiger partial charge in [0.2, 0.25) is 5.91 Å². The molecule has 1 heterocycles. The molecular weight excluding hydrogens is 513 g/mol. The molecule has 0 unspecified atom stereocenters. The van der Waals surface area contributed by atoms with Crippen LogP contribution in [0.1, 0.15) is 33.3 Å². The first-order chi connectivity index (χ1) is 16.9. The number of aromatic nitrogens is 2. The van der Waals surface area contributed by atoms with Gasteiger partial charge >= 0.3 is 6.18 Å². The van der Waals surface area contributed by atoms with Gasteiger partial charge in [-0.05, 0) is 52.0 Å². The minimum Gasteiger partial charge on any atom is -0.324 e. The van der Waals surface area contributed by atoms with Crippen molar-refractivity contribution in [3.63, 3.8) is 0 Å². The summed E-state index contributed by atoms with van der Waals surface area (Å²) in [6.07, 6.45) is -4.68. The SMILES string of the molecule is CC(C)N(CCn1c(SCC(=O)Nc2c(Cl)cccc2C(F)(F)F)nc2ccccc2c1=O)C(C)C. The zero-order valence-corrected chi connectivity index (χ0v) is 22.0. The zero-order valence-electron chi connectivity index (χ0n) is 20.4. The minimum atomic E-state index is -4.68. The topological polar surface area (TPSA) is 67.2 Å². The van der Waals surface area contributed by atoms with Gasteiger partial charge in [0.15, 0.2) is 5.16 Å². The Morgan fingerprint density at radius 2 is 1.78 bits per heavy atom. The molecule has 2 aromatic carbocycles. The van der Waals surface area contributed by atoms with E-state index in [-0.39, 0.29) is 28.4 Å². The summed E-state index contributed by atoms with van der Waals surface area (Å²) in [5.41, 5.74) is -1.28. The van der Waals surface area contributed by atoms with Crippen LogP contribution < -0.4 is 10.9 Å². The van der Waals surface area contributed by atoms with Crippen LogP contribution >= 0.6 is 23.4 Å². The van der Waals surface area contributed by atoms with Crippen LogP contribution in [0.2, 0.25) is 5.02 Å². The lowest BCUT2D eigenvalue weighted by atomic mass is 10.1. The fourth-order valence-corrected chi connectivity index (χ4v) is 5.02. The molecule has 0 bridgehead atoms. The van der Waals surface area contributed by atoms with Gasteiger partial charge < -0.3 is 5.32 Å². The zero-order chi connectivity index (χ0) is 26.6. The summed E-state index contributed by atoms with van der Waals surface area (Å²) in [5.74, 6) is -0.954. The number of thioether (sulfide) groups is 1. The Morgan fingerprint density at radius 1 is 1.11 bits per heavy atom. The standard InChI is InChI=1S/C25H28ClF3N4O2S/c1-15(2)32(16(3)4)12-13-33-23(35)17-8-5-6-11-20(17)30-24(33)36-14-21(34)31-22-18(25(27,28)29)9-7-10-19(22)26/h5-11,15-16H,12-14H2,1-4H3,(H,31,34). The predicted molar refractivity (Wildman–Crippen MR) is 139 cm³/mol. The van der Waals surface area contributed by atoms with Crippen molar-refractivity contribution in [3.05, 3.63) is 63.4 Å². The van der Waals surface area contributed by atoms with Gasteiger partial charge in [-0.3, -0.25) is 19.1 Å². The van der Waals surface area contributed by atoms with Crippen LogP contribution in [-0.4, -0.2) is 44.7 Å². The number of para-hydroxylation sites is 2. The number of amides is 1. The monoisotopic (exact) mass is 540 g/mol. The Morgan fingerprint density at radius 3 is 2.42 bits per heavy atom. The van der Waals surface area contributed by atoms with Crippen molar-refractivity contribution in [2.24, 2.45) is 0 Å². The molecule has 36 heavy (non-hydrogen) atoms. The number of nitrogens with zero attached hydrogens (tertiary/aromatic N) is 3. The van der Waals surface area contributed by atoms with E-state index in [1.54, 1.807) is 24.3 Å². The van der Waals surface area contributed by atoms with Crippen molar-refractivity contribution in [3.8, 4) is 0 Å². The normalized spacial score (nSPS) is 12.2. The molecule has 1 amide bonds. The van der Waals surface area contributed by atoms with Crippen LogP contribution in [0.5, 0.6) is 0 Å². The Balaban J connectivity index is 1.87. The smallest absolute Gasteiger partial charge is 0.324 e. The second kappa shape index (κ2) is 11.7. The maximum atomic E-state index is 13.4. The molecule has 11 heteroatoms. The number of fused-ring (bicyclic) bond motifs is 1. The van der Waals surface area contributed by atoms with Crippen molar-refractivity contribution in [1.82, 2.24) is 14.5 Å². The average molecular weight is 541 g/mol. The van der Waals surface area contributed by atoms with Gasteiger partial charge in [0.05, 0.1) is 32.9 Å². The molecule has 1 aromatic heterocycles. The summed E-state index contributed by atoms with van der Waals surface area (Å²) in [4.78, 5) is 32.7. The number of nitrogens with one attached hydrogen (secondary N) is 1. The molecule has 0 spiro atoms. The van der Waals surface area contributed by atoms with Crippen molar-refractivity contribution >= 4 is 45.9 Å². The van der Waals surface area contributed by atoms with Crippen molar-refractivity contribution in [2.45, 2.75) is 57.7 Å². The molecule has 3 aromatic rings. The van der Waals surface area contributed by atoms with Crippen LogP contribution in [0.15, 0.2) is 52.4 Å². The molecular formula is C25H28ClF3N4O2S. The first-order valence-electron chi connectivity index (χ1n) is 11.4. The quantitative estimate of drug-likeness (QED) is 0.270. The van der Waals surface area contributed by atoms with Crippen LogP contribution in [0.25, 0.3) is 10.9 Å². The largest absolute Gasteiger partial charge is 0.418 e. The second-order valence-corrected chi connectivity index (χ2v) is 10.1. The molecule has 6 nitrogen and oxygen atoms in total. The van der Waals surface area contributed by atoms with Gasteiger partial charge in [-0.2, -0.15) is 13.2 Å². The number of hydrogen-bond donors (Lipinski definition) is 1. The minimum absolute atomic E-state index is 0.216. The Labute approximate surface area is 216 Å². The molecule has 1 N–H and O–H groups in total. The number of rotatable bonds is 9.